The molecule has 0 spiro atoms. The van der Waals surface area contributed by atoms with Gasteiger partial charge in [0.25, 0.3) is 5.91 Å². The zero-order chi connectivity index (χ0) is 11.4. The maximum absolute atomic E-state index is 11.5. The SMILES string of the molecule is Nc1n[nH]c(C(=O)NCCC2CCCC2)n1. The maximum atomic E-state index is 11.5. The van der Waals surface area contributed by atoms with Crippen LogP contribution in [-0.2, 0) is 0 Å². The van der Waals surface area contributed by atoms with Crippen LogP contribution in [0.2, 0.25) is 0 Å². The normalized spacial score (nSPS) is 16.5. The van der Waals surface area contributed by atoms with Crippen molar-refractivity contribution in [3.8, 4) is 0 Å². The average Bonchev–Trinajstić information content (AvgIpc) is 2.89. The van der Waals surface area contributed by atoms with Gasteiger partial charge in [0.15, 0.2) is 0 Å². The standard InChI is InChI=1S/C10H17N5O/c11-10-13-8(14-15-10)9(16)12-6-5-7-3-1-2-4-7/h7H,1-6H2,(H,12,16)(H3,11,13,14,15). The lowest BCUT2D eigenvalue weighted by molar-refractivity contribution is 0.0941. The highest BCUT2D eigenvalue weighted by molar-refractivity contribution is 5.90. The Morgan fingerprint density at radius 1 is 1.50 bits per heavy atom. The number of anilines is 1. The first-order chi connectivity index (χ1) is 7.75. The second-order valence-corrected chi connectivity index (χ2v) is 4.24. The average molecular weight is 223 g/mol. The molecule has 1 aliphatic rings. The molecule has 1 saturated carbocycles. The number of hydrogen-bond donors (Lipinski definition) is 3. The highest BCUT2D eigenvalue weighted by atomic mass is 16.2. The van der Waals surface area contributed by atoms with Gasteiger partial charge in [0.2, 0.25) is 11.8 Å². The van der Waals surface area contributed by atoms with Crippen molar-refractivity contribution in [1.82, 2.24) is 20.5 Å². The van der Waals surface area contributed by atoms with Crippen molar-refractivity contribution in [3.63, 3.8) is 0 Å². The molecular formula is C10H17N5O. The molecule has 1 fully saturated rings. The fourth-order valence-corrected chi connectivity index (χ4v) is 2.15. The first-order valence-electron chi connectivity index (χ1n) is 5.72. The molecular weight excluding hydrogens is 206 g/mol. The molecule has 0 aromatic carbocycles. The predicted molar refractivity (Wildman–Crippen MR) is 59.7 cm³/mol. The van der Waals surface area contributed by atoms with E-state index < -0.39 is 0 Å². The highest BCUT2D eigenvalue weighted by Gasteiger charge is 2.15. The third kappa shape index (κ3) is 2.71. The Labute approximate surface area is 94.0 Å². The smallest absolute Gasteiger partial charge is 0.288 e. The van der Waals surface area contributed by atoms with Crippen LogP contribution in [0.1, 0.15) is 42.7 Å². The van der Waals surface area contributed by atoms with Gasteiger partial charge in [-0.25, -0.2) is 0 Å². The Bertz CT molecular complexity index is 356. The molecule has 6 heteroatoms. The molecule has 0 unspecified atom stereocenters. The van der Waals surface area contributed by atoms with Gasteiger partial charge in [-0.3, -0.25) is 9.89 Å². The van der Waals surface area contributed by atoms with Gasteiger partial charge in [-0.05, 0) is 12.3 Å². The molecule has 0 radical (unpaired) electrons. The van der Waals surface area contributed by atoms with E-state index in [2.05, 4.69) is 20.5 Å². The molecule has 1 aliphatic carbocycles. The summed E-state index contributed by atoms with van der Waals surface area (Å²) in [5.41, 5.74) is 5.31. The van der Waals surface area contributed by atoms with Gasteiger partial charge in [-0.2, -0.15) is 4.98 Å². The van der Waals surface area contributed by atoms with E-state index in [4.69, 9.17) is 5.73 Å². The van der Waals surface area contributed by atoms with Gasteiger partial charge in [0, 0.05) is 6.54 Å². The van der Waals surface area contributed by atoms with E-state index in [0.717, 1.165) is 12.3 Å². The number of hydrogen-bond acceptors (Lipinski definition) is 4. The van der Waals surface area contributed by atoms with Crippen molar-refractivity contribution >= 4 is 11.9 Å². The van der Waals surface area contributed by atoms with Crippen LogP contribution in [0.15, 0.2) is 0 Å². The topological polar surface area (TPSA) is 96.7 Å². The van der Waals surface area contributed by atoms with Crippen LogP contribution in [0.4, 0.5) is 5.95 Å². The van der Waals surface area contributed by atoms with Crippen molar-refractivity contribution in [2.75, 3.05) is 12.3 Å². The van der Waals surface area contributed by atoms with Crippen molar-refractivity contribution in [1.29, 1.82) is 0 Å². The van der Waals surface area contributed by atoms with Crippen molar-refractivity contribution in [2.45, 2.75) is 32.1 Å². The van der Waals surface area contributed by atoms with Gasteiger partial charge in [-0.15, -0.1) is 5.10 Å². The van der Waals surface area contributed by atoms with Gasteiger partial charge in [0.1, 0.15) is 0 Å². The van der Waals surface area contributed by atoms with Crippen LogP contribution in [0.5, 0.6) is 0 Å². The van der Waals surface area contributed by atoms with E-state index in [-0.39, 0.29) is 17.7 Å². The molecule has 88 valence electrons. The summed E-state index contributed by atoms with van der Waals surface area (Å²) in [6.07, 6.45) is 6.31. The number of H-pyrrole nitrogens is 1. The third-order valence-electron chi connectivity index (χ3n) is 3.03. The Morgan fingerprint density at radius 2 is 2.25 bits per heavy atom. The molecule has 6 nitrogen and oxygen atoms in total. The second kappa shape index (κ2) is 4.96. The fraction of sp³-hybridized carbons (Fsp3) is 0.700. The van der Waals surface area contributed by atoms with Crippen LogP contribution in [0.25, 0.3) is 0 Å². The largest absolute Gasteiger partial charge is 0.366 e. The maximum Gasteiger partial charge on any atom is 0.288 e. The van der Waals surface area contributed by atoms with E-state index in [1.807, 2.05) is 0 Å². The summed E-state index contributed by atoms with van der Waals surface area (Å²) in [6, 6.07) is 0. The summed E-state index contributed by atoms with van der Waals surface area (Å²) in [4.78, 5) is 15.3. The van der Waals surface area contributed by atoms with Crippen LogP contribution in [0.3, 0.4) is 0 Å². The van der Waals surface area contributed by atoms with Gasteiger partial charge in [0.05, 0.1) is 0 Å². The number of nitrogens with zero attached hydrogens (tertiary/aromatic N) is 2. The van der Waals surface area contributed by atoms with Crippen LogP contribution in [-0.4, -0.2) is 27.6 Å². The molecule has 1 heterocycles. The minimum absolute atomic E-state index is 0.0981. The molecule has 4 N–H and O–H groups in total. The minimum atomic E-state index is -0.234. The van der Waals surface area contributed by atoms with Crippen LogP contribution in [0, 0.1) is 5.92 Å². The highest BCUT2D eigenvalue weighted by Crippen LogP contribution is 2.26. The lowest BCUT2D eigenvalue weighted by Gasteiger charge is -2.08. The summed E-state index contributed by atoms with van der Waals surface area (Å²) < 4.78 is 0. The lowest BCUT2D eigenvalue weighted by atomic mass is 10.0. The Kier molecular flexibility index (Phi) is 3.38. The molecule has 1 amide bonds. The van der Waals surface area contributed by atoms with E-state index >= 15 is 0 Å². The number of nitrogen functional groups attached to an aromatic ring is 1. The number of carbonyl (C=O) groups is 1. The first kappa shape index (κ1) is 10.9. The molecule has 0 aliphatic heterocycles. The minimum Gasteiger partial charge on any atom is -0.366 e. The summed E-state index contributed by atoms with van der Waals surface area (Å²) >= 11 is 0. The van der Waals surface area contributed by atoms with Gasteiger partial charge < -0.3 is 11.1 Å². The van der Waals surface area contributed by atoms with Crippen molar-refractivity contribution < 1.29 is 4.79 Å². The Morgan fingerprint density at radius 3 is 2.88 bits per heavy atom. The number of aromatic amines is 1. The number of amides is 1. The molecule has 0 bridgehead atoms. The number of rotatable bonds is 4. The zero-order valence-electron chi connectivity index (χ0n) is 9.20. The summed E-state index contributed by atoms with van der Waals surface area (Å²) in [5, 5.41) is 8.90. The van der Waals surface area contributed by atoms with E-state index in [1.54, 1.807) is 0 Å². The van der Waals surface area contributed by atoms with E-state index in [9.17, 15) is 4.79 Å². The number of nitrogens with two attached hydrogens (primary N) is 1. The fourth-order valence-electron chi connectivity index (χ4n) is 2.15. The Hall–Kier alpha value is -1.59. The summed E-state index contributed by atoms with van der Waals surface area (Å²) in [7, 11) is 0. The number of aromatic nitrogens is 3. The second-order valence-electron chi connectivity index (χ2n) is 4.24. The summed E-state index contributed by atoms with van der Waals surface area (Å²) in [6.45, 7) is 0.699. The van der Waals surface area contributed by atoms with Gasteiger partial charge >= 0.3 is 0 Å². The van der Waals surface area contributed by atoms with E-state index in [0.29, 0.717) is 6.54 Å². The van der Waals surface area contributed by atoms with E-state index in [1.165, 1.54) is 25.7 Å². The van der Waals surface area contributed by atoms with Gasteiger partial charge in [-0.1, -0.05) is 25.7 Å². The number of carbonyl (C=O) groups excluding carboxylic acids is 1. The van der Waals surface area contributed by atoms with Crippen LogP contribution >= 0.6 is 0 Å². The van der Waals surface area contributed by atoms with Crippen molar-refractivity contribution in [2.24, 2.45) is 5.92 Å². The molecule has 0 saturated heterocycles. The molecule has 0 atom stereocenters. The Balaban J connectivity index is 1.71. The lowest BCUT2D eigenvalue weighted by Crippen LogP contribution is -2.26. The quantitative estimate of drug-likeness (QED) is 0.699. The summed E-state index contributed by atoms with van der Waals surface area (Å²) in [5.74, 6) is 0.826. The van der Waals surface area contributed by atoms with Crippen LogP contribution < -0.4 is 11.1 Å². The first-order valence-corrected chi connectivity index (χ1v) is 5.72. The monoisotopic (exact) mass is 223 g/mol. The predicted octanol–water partition coefficient (Wildman–Crippen LogP) is 0.697. The molecule has 1 aromatic heterocycles. The van der Waals surface area contributed by atoms with Crippen molar-refractivity contribution in [3.05, 3.63) is 5.82 Å². The zero-order valence-corrected chi connectivity index (χ0v) is 9.20. The molecule has 2 rings (SSSR count). The number of nitrogens with one attached hydrogen (secondary N) is 2. The molecule has 16 heavy (non-hydrogen) atoms. The third-order valence-corrected chi connectivity index (χ3v) is 3.03. The molecule has 1 aromatic rings.